The Kier molecular flexibility index (Phi) is 6.78. The minimum absolute atomic E-state index is 0.227. The molecule has 0 atom stereocenters. The highest BCUT2D eigenvalue weighted by molar-refractivity contribution is 7.90. The van der Waals surface area contributed by atoms with Gasteiger partial charge in [0.2, 0.25) is 0 Å². The van der Waals surface area contributed by atoms with Crippen LogP contribution in [-0.4, -0.2) is 45.4 Å². The highest BCUT2D eigenvalue weighted by atomic mass is 32.2. The van der Waals surface area contributed by atoms with Gasteiger partial charge in [-0.25, -0.2) is 13.2 Å². The van der Waals surface area contributed by atoms with Crippen LogP contribution in [0.2, 0.25) is 0 Å². The Morgan fingerprint density at radius 1 is 1.12 bits per heavy atom. The number of carbonyl (C=O) groups is 2. The van der Waals surface area contributed by atoms with E-state index in [1.807, 2.05) is 20.8 Å². The molecule has 9 heteroatoms. The van der Waals surface area contributed by atoms with Gasteiger partial charge in [-0.3, -0.25) is 9.69 Å². The van der Waals surface area contributed by atoms with Crippen molar-refractivity contribution in [3.63, 3.8) is 0 Å². The summed E-state index contributed by atoms with van der Waals surface area (Å²) in [6.45, 7) is 6.54. The quantitative estimate of drug-likeness (QED) is 0.749. The molecule has 1 heterocycles. The van der Waals surface area contributed by atoms with Crippen molar-refractivity contribution < 1.29 is 27.5 Å². The Hall–Kier alpha value is -3.07. The second-order valence-electron chi connectivity index (χ2n) is 8.62. The van der Waals surface area contributed by atoms with Crippen LogP contribution in [0.15, 0.2) is 47.4 Å². The van der Waals surface area contributed by atoms with Gasteiger partial charge in [-0.1, -0.05) is 12.1 Å². The molecule has 0 radical (unpaired) electrons. The Morgan fingerprint density at radius 3 is 2.44 bits per heavy atom. The van der Waals surface area contributed by atoms with Crippen LogP contribution in [0.3, 0.4) is 0 Å². The third-order valence-electron chi connectivity index (χ3n) is 4.71. The molecular weight excluding hydrogens is 432 g/mol. The number of rotatable bonds is 4. The molecule has 2 aromatic rings. The topological polar surface area (TPSA) is 102 Å². The average Bonchev–Trinajstić information content (AvgIpc) is 2.92. The van der Waals surface area contributed by atoms with E-state index in [0.29, 0.717) is 36.6 Å². The first-order chi connectivity index (χ1) is 14.9. The summed E-state index contributed by atoms with van der Waals surface area (Å²) in [6.07, 6.45) is 1.33. The van der Waals surface area contributed by atoms with Crippen LogP contribution in [0.25, 0.3) is 0 Å². The lowest BCUT2D eigenvalue weighted by Crippen LogP contribution is -2.37. The number of hydrogen-bond acceptors (Lipinski definition) is 6. The summed E-state index contributed by atoms with van der Waals surface area (Å²) in [5.74, 6) is 0.134. The molecule has 1 N–H and O–H groups in total. The summed E-state index contributed by atoms with van der Waals surface area (Å²) in [5.41, 5.74) is 1.10. The van der Waals surface area contributed by atoms with E-state index in [-0.39, 0.29) is 17.3 Å². The molecular formula is C23H28N2O6S. The molecule has 2 amide bonds. The fourth-order valence-electron chi connectivity index (χ4n) is 3.16. The average molecular weight is 461 g/mol. The van der Waals surface area contributed by atoms with Crippen molar-refractivity contribution in [2.45, 2.75) is 44.2 Å². The molecule has 0 unspecified atom stereocenters. The molecule has 1 aliphatic rings. The van der Waals surface area contributed by atoms with Gasteiger partial charge >= 0.3 is 6.09 Å². The van der Waals surface area contributed by atoms with E-state index in [4.69, 9.17) is 9.47 Å². The second-order valence-corrected chi connectivity index (χ2v) is 10.6. The number of sulfone groups is 1. The number of nitrogens with one attached hydrogen (secondary N) is 1. The molecule has 1 aliphatic heterocycles. The lowest BCUT2D eigenvalue weighted by Gasteiger charge is -2.27. The van der Waals surface area contributed by atoms with Gasteiger partial charge in [0.1, 0.15) is 11.4 Å². The van der Waals surface area contributed by atoms with Crippen LogP contribution in [0.5, 0.6) is 5.75 Å². The van der Waals surface area contributed by atoms with Gasteiger partial charge in [0.15, 0.2) is 9.84 Å². The van der Waals surface area contributed by atoms with Gasteiger partial charge in [-0.2, -0.15) is 0 Å². The van der Waals surface area contributed by atoms with E-state index in [0.717, 1.165) is 11.8 Å². The SMILES string of the molecule is CC(C)(C)OC(=O)N1CCCOc2cc(C(=O)NCc3ccc(S(C)(=O)=O)cc3)ccc21. The van der Waals surface area contributed by atoms with Gasteiger partial charge < -0.3 is 14.8 Å². The van der Waals surface area contributed by atoms with E-state index in [1.165, 1.54) is 17.0 Å². The number of carbonyl (C=O) groups excluding carboxylic acids is 2. The van der Waals surface area contributed by atoms with Gasteiger partial charge in [0.05, 0.1) is 17.2 Å². The highest BCUT2D eigenvalue weighted by Crippen LogP contribution is 2.33. The minimum Gasteiger partial charge on any atom is -0.491 e. The van der Waals surface area contributed by atoms with Crippen molar-refractivity contribution in [3.8, 4) is 5.75 Å². The van der Waals surface area contributed by atoms with Gasteiger partial charge in [-0.05, 0) is 63.1 Å². The fourth-order valence-corrected chi connectivity index (χ4v) is 3.80. The zero-order chi connectivity index (χ0) is 23.5. The Bertz CT molecular complexity index is 1100. The Balaban J connectivity index is 1.72. The van der Waals surface area contributed by atoms with E-state index < -0.39 is 21.5 Å². The van der Waals surface area contributed by atoms with Crippen molar-refractivity contribution in [1.82, 2.24) is 5.32 Å². The standard InChI is InChI=1S/C23H28N2O6S/c1-23(2,3)31-22(27)25-12-5-13-30-20-14-17(8-11-19(20)25)21(26)24-15-16-6-9-18(10-7-16)32(4,28)29/h6-11,14H,5,12-13,15H2,1-4H3,(H,24,26). The summed E-state index contributed by atoms with van der Waals surface area (Å²) >= 11 is 0. The van der Waals surface area contributed by atoms with Crippen molar-refractivity contribution in [2.24, 2.45) is 0 Å². The maximum absolute atomic E-state index is 12.7. The summed E-state index contributed by atoms with van der Waals surface area (Å²) in [7, 11) is -3.26. The van der Waals surface area contributed by atoms with Crippen LogP contribution >= 0.6 is 0 Å². The summed E-state index contributed by atoms with van der Waals surface area (Å²) in [5, 5.41) is 2.81. The first kappa shape index (κ1) is 23.6. The number of amides is 2. The van der Waals surface area contributed by atoms with Gasteiger partial charge in [0.25, 0.3) is 5.91 Å². The van der Waals surface area contributed by atoms with Crippen LogP contribution in [0.4, 0.5) is 10.5 Å². The number of fused-ring (bicyclic) bond motifs is 1. The van der Waals surface area contributed by atoms with Crippen LogP contribution in [0.1, 0.15) is 43.1 Å². The van der Waals surface area contributed by atoms with E-state index in [1.54, 1.807) is 30.3 Å². The first-order valence-corrected chi connectivity index (χ1v) is 12.2. The lowest BCUT2D eigenvalue weighted by molar-refractivity contribution is 0.0580. The zero-order valence-electron chi connectivity index (χ0n) is 18.7. The monoisotopic (exact) mass is 460 g/mol. The Morgan fingerprint density at radius 2 is 1.81 bits per heavy atom. The molecule has 172 valence electrons. The Labute approximate surface area is 188 Å². The maximum Gasteiger partial charge on any atom is 0.414 e. The molecule has 0 fully saturated rings. The van der Waals surface area contributed by atoms with Crippen LogP contribution in [0, 0.1) is 0 Å². The van der Waals surface area contributed by atoms with Crippen LogP contribution < -0.4 is 15.0 Å². The molecule has 32 heavy (non-hydrogen) atoms. The molecule has 0 spiro atoms. The largest absolute Gasteiger partial charge is 0.491 e. The van der Waals surface area contributed by atoms with Crippen molar-refractivity contribution in [2.75, 3.05) is 24.3 Å². The van der Waals surface area contributed by atoms with Crippen molar-refractivity contribution in [3.05, 3.63) is 53.6 Å². The first-order valence-electron chi connectivity index (χ1n) is 10.3. The van der Waals surface area contributed by atoms with E-state index in [9.17, 15) is 18.0 Å². The number of anilines is 1. The highest BCUT2D eigenvalue weighted by Gasteiger charge is 2.27. The van der Waals surface area contributed by atoms with Gasteiger partial charge in [-0.15, -0.1) is 0 Å². The van der Waals surface area contributed by atoms with Crippen molar-refractivity contribution >= 4 is 27.5 Å². The number of ether oxygens (including phenoxy) is 2. The lowest BCUT2D eigenvalue weighted by atomic mass is 10.1. The number of hydrogen-bond donors (Lipinski definition) is 1. The molecule has 2 aromatic carbocycles. The normalized spacial score (nSPS) is 14.1. The summed E-state index contributed by atoms with van der Waals surface area (Å²) < 4.78 is 34.4. The van der Waals surface area contributed by atoms with E-state index in [2.05, 4.69) is 5.32 Å². The number of benzene rings is 2. The minimum atomic E-state index is -3.26. The fraction of sp³-hybridized carbons (Fsp3) is 0.391. The van der Waals surface area contributed by atoms with E-state index >= 15 is 0 Å². The third kappa shape index (κ3) is 6.00. The molecule has 0 aromatic heterocycles. The predicted octanol–water partition coefficient (Wildman–Crippen LogP) is 3.54. The van der Waals surface area contributed by atoms with Crippen molar-refractivity contribution in [1.29, 1.82) is 0 Å². The van der Waals surface area contributed by atoms with Gasteiger partial charge in [0, 0.05) is 24.9 Å². The zero-order valence-corrected chi connectivity index (χ0v) is 19.5. The van der Waals surface area contributed by atoms with Crippen LogP contribution in [-0.2, 0) is 21.1 Å². The summed E-state index contributed by atoms with van der Waals surface area (Å²) in [6, 6.07) is 11.3. The molecule has 8 nitrogen and oxygen atoms in total. The predicted molar refractivity (Wildman–Crippen MR) is 121 cm³/mol. The second kappa shape index (κ2) is 9.20. The molecule has 0 bridgehead atoms. The molecule has 0 saturated carbocycles. The number of nitrogens with zero attached hydrogens (tertiary/aromatic N) is 1. The molecule has 3 rings (SSSR count). The summed E-state index contributed by atoms with van der Waals surface area (Å²) in [4.78, 5) is 27.0. The third-order valence-corrected chi connectivity index (χ3v) is 5.84. The maximum atomic E-state index is 12.7. The smallest absolute Gasteiger partial charge is 0.414 e. The molecule has 0 saturated heterocycles. The molecule has 0 aliphatic carbocycles.